The van der Waals surface area contributed by atoms with Gasteiger partial charge in [0, 0.05) is 19.4 Å². The molecule has 1 saturated carbocycles. The molecule has 0 spiro atoms. The van der Waals surface area contributed by atoms with E-state index in [1.165, 1.54) is 0 Å². The van der Waals surface area contributed by atoms with E-state index in [0.717, 1.165) is 19.3 Å². The number of nitrogens with zero attached hydrogens (tertiary/aromatic N) is 5. The van der Waals surface area contributed by atoms with Crippen LogP contribution >= 0.6 is 0 Å². The Kier molecular flexibility index (Phi) is 3.23. The Morgan fingerprint density at radius 3 is 2.65 bits per heavy atom. The van der Waals surface area contributed by atoms with Crippen LogP contribution in [-0.2, 0) is 0 Å². The fraction of sp³-hybridized carbons (Fsp3) is 0.500. The molecule has 2 heterocycles. The molecule has 1 fully saturated rings. The largest absolute Gasteiger partial charge is 0.394 e. The molecule has 20 heavy (non-hydrogen) atoms. The first kappa shape index (κ1) is 12.8. The van der Waals surface area contributed by atoms with E-state index < -0.39 is 0 Å². The molecule has 2 aromatic rings. The molecule has 106 valence electrons. The Hall–Kier alpha value is -2.22. The summed E-state index contributed by atoms with van der Waals surface area (Å²) in [6.45, 7) is 0.0774. The highest BCUT2D eigenvalue weighted by Crippen LogP contribution is 2.34. The van der Waals surface area contributed by atoms with Crippen LogP contribution in [0.1, 0.15) is 19.3 Å². The predicted octanol–water partition coefficient (Wildman–Crippen LogP) is 0.426. The maximum Gasteiger partial charge on any atom is 0.241 e. The van der Waals surface area contributed by atoms with Gasteiger partial charge in [-0.1, -0.05) is 0 Å². The number of imidazole rings is 1. The van der Waals surface area contributed by atoms with Crippen LogP contribution in [0.25, 0.3) is 5.95 Å². The summed E-state index contributed by atoms with van der Waals surface area (Å²) in [5.74, 6) is 1.41. The van der Waals surface area contributed by atoms with E-state index in [1.54, 1.807) is 30.3 Å². The second-order valence-electron chi connectivity index (χ2n) is 4.92. The first-order valence-corrected chi connectivity index (χ1v) is 6.56. The van der Waals surface area contributed by atoms with Crippen LogP contribution in [0, 0.1) is 0 Å². The van der Waals surface area contributed by atoms with Gasteiger partial charge in [0.1, 0.15) is 6.33 Å². The van der Waals surface area contributed by atoms with Crippen molar-refractivity contribution in [3.05, 3.63) is 18.7 Å². The molecule has 0 radical (unpaired) electrons. The maximum atomic E-state index is 9.51. The van der Waals surface area contributed by atoms with E-state index in [4.69, 9.17) is 0 Å². The van der Waals surface area contributed by atoms with Crippen molar-refractivity contribution in [1.29, 1.82) is 0 Å². The highest BCUT2D eigenvalue weighted by molar-refractivity contribution is 5.40. The Morgan fingerprint density at radius 2 is 2.10 bits per heavy atom. The summed E-state index contributed by atoms with van der Waals surface area (Å²) in [6.07, 6.45) is 8.01. The van der Waals surface area contributed by atoms with Crippen molar-refractivity contribution < 1.29 is 5.11 Å². The van der Waals surface area contributed by atoms with Gasteiger partial charge in [-0.05, 0) is 19.3 Å². The molecule has 3 rings (SSSR count). The molecule has 0 amide bonds. The lowest BCUT2D eigenvalue weighted by Gasteiger charge is -2.40. The van der Waals surface area contributed by atoms with E-state index in [0.29, 0.717) is 17.8 Å². The molecular weight excluding hydrogens is 258 g/mol. The van der Waals surface area contributed by atoms with Crippen molar-refractivity contribution in [1.82, 2.24) is 24.5 Å². The van der Waals surface area contributed by atoms with Crippen molar-refractivity contribution in [3.63, 3.8) is 0 Å². The second-order valence-corrected chi connectivity index (χ2v) is 4.92. The molecule has 1 aliphatic carbocycles. The van der Waals surface area contributed by atoms with Crippen LogP contribution in [0.4, 0.5) is 11.9 Å². The molecule has 0 saturated heterocycles. The topological polar surface area (TPSA) is 101 Å². The number of hydrogen-bond donors (Lipinski definition) is 3. The summed E-state index contributed by atoms with van der Waals surface area (Å²) in [6, 6.07) is 0. The van der Waals surface area contributed by atoms with Crippen LogP contribution < -0.4 is 10.6 Å². The van der Waals surface area contributed by atoms with Crippen LogP contribution in [0.5, 0.6) is 0 Å². The molecule has 0 aromatic carbocycles. The van der Waals surface area contributed by atoms with E-state index >= 15 is 0 Å². The van der Waals surface area contributed by atoms with Crippen molar-refractivity contribution in [2.45, 2.75) is 24.8 Å². The van der Waals surface area contributed by atoms with Crippen LogP contribution in [0.15, 0.2) is 18.7 Å². The van der Waals surface area contributed by atoms with Crippen LogP contribution in [0.3, 0.4) is 0 Å². The summed E-state index contributed by atoms with van der Waals surface area (Å²) in [7, 11) is 1.75. The van der Waals surface area contributed by atoms with E-state index in [1.807, 2.05) is 0 Å². The fourth-order valence-electron chi connectivity index (χ4n) is 2.19. The molecule has 3 N–H and O–H groups in total. The van der Waals surface area contributed by atoms with E-state index in [2.05, 4.69) is 30.6 Å². The minimum atomic E-state index is -0.293. The maximum absolute atomic E-state index is 9.51. The Balaban J connectivity index is 1.92. The molecular formula is C12H17N7O. The zero-order valence-corrected chi connectivity index (χ0v) is 11.2. The molecule has 8 nitrogen and oxygen atoms in total. The zero-order chi connectivity index (χ0) is 14.0. The normalized spacial score (nSPS) is 16.5. The van der Waals surface area contributed by atoms with Crippen LogP contribution in [0.2, 0.25) is 0 Å². The average Bonchev–Trinajstić information content (AvgIpc) is 2.96. The second kappa shape index (κ2) is 5.04. The average molecular weight is 275 g/mol. The number of rotatable bonds is 5. The monoisotopic (exact) mass is 275 g/mol. The molecule has 2 aromatic heterocycles. The smallest absolute Gasteiger partial charge is 0.241 e. The first-order chi connectivity index (χ1) is 9.74. The lowest BCUT2D eigenvalue weighted by atomic mass is 9.77. The third kappa shape index (κ3) is 2.29. The summed E-state index contributed by atoms with van der Waals surface area (Å²) >= 11 is 0. The Morgan fingerprint density at radius 1 is 1.30 bits per heavy atom. The molecule has 1 aliphatic rings. The lowest BCUT2D eigenvalue weighted by molar-refractivity contribution is 0.143. The summed E-state index contributed by atoms with van der Waals surface area (Å²) in [5, 5.41) is 15.7. The minimum Gasteiger partial charge on any atom is -0.394 e. The molecule has 0 atom stereocenters. The van der Waals surface area contributed by atoms with Crippen LogP contribution in [-0.4, -0.2) is 48.8 Å². The first-order valence-electron chi connectivity index (χ1n) is 6.56. The number of aliphatic hydroxyl groups excluding tert-OH is 1. The Labute approximate surface area is 116 Å². The zero-order valence-electron chi connectivity index (χ0n) is 11.2. The predicted molar refractivity (Wildman–Crippen MR) is 73.8 cm³/mol. The molecule has 8 heteroatoms. The molecule has 0 bridgehead atoms. The SMILES string of the molecule is CNc1nc(NC2(CO)CCC2)nc(-n2ccnc2)n1. The summed E-state index contributed by atoms with van der Waals surface area (Å²) in [5.41, 5.74) is -0.293. The van der Waals surface area contributed by atoms with Gasteiger partial charge in [0.25, 0.3) is 0 Å². The van der Waals surface area contributed by atoms with E-state index in [-0.39, 0.29) is 12.1 Å². The highest BCUT2D eigenvalue weighted by Gasteiger charge is 2.37. The number of hydrogen-bond acceptors (Lipinski definition) is 7. The summed E-state index contributed by atoms with van der Waals surface area (Å²) < 4.78 is 1.71. The number of anilines is 2. The quantitative estimate of drug-likeness (QED) is 0.727. The number of aromatic nitrogens is 5. The van der Waals surface area contributed by atoms with Crippen molar-refractivity contribution >= 4 is 11.9 Å². The molecule has 0 aliphatic heterocycles. The number of aliphatic hydroxyl groups is 1. The van der Waals surface area contributed by atoms with Gasteiger partial charge in [-0.25, -0.2) is 4.98 Å². The Bertz CT molecular complexity index is 574. The third-order valence-electron chi connectivity index (χ3n) is 3.57. The highest BCUT2D eigenvalue weighted by atomic mass is 16.3. The standard InChI is InChI=1S/C12H17N7O/c1-13-9-15-10(18-12(7-20)3-2-4-12)17-11(16-9)19-6-5-14-8-19/h5-6,8,20H,2-4,7H2,1H3,(H2,13,15,16,17,18). The van der Waals surface area contributed by atoms with Gasteiger partial charge in [0.05, 0.1) is 12.1 Å². The molecule has 0 unspecified atom stereocenters. The van der Waals surface area contributed by atoms with Gasteiger partial charge in [-0.15, -0.1) is 0 Å². The van der Waals surface area contributed by atoms with E-state index in [9.17, 15) is 5.11 Å². The van der Waals surface area contributed by atoms with Gasteiger partial charge in [-0.3, -0.25) is 4.57 Å². The van der Waals surface area contributed by atoms with Crippen molar-refractivity contribution in [2.24, 2.45) is 0 Å². The minimum absolute atomic E-state index is 0.0774. The lowest BCUT2D eigenvalue weighted by Crippen LogP contribution is -2.48. The summed E-state index contributed by atoms with van der Waals surface area (Å²) in [4.78, 5) is 16.9. The van der Waals surface area contributed by atoms with Crippen molar-refractivity contribution in [2.75, 3.05) is 24.3 Å². The van der Waals surface area contributed by atoms with Crippen molar-refractivity contribution in [3.8, 4) is 5.95 Å². The number of nitrogens with one attached hydrogen (secondary N) is 2. The fourth-order valence-corrected chi connectivity index (χ4v) is 2.19. The van der Waals surface area contributed by atoms with Gasteiger partial charge >= 0.3 is 0 Å². The van der Waals surface area contributed by atoms with Gasteiger partial charge < -0.3 is 15.7 Å². The van der Waals surface area contributed by atoms with Gasteiger partial charge in [0.2, 0.25) is 17.8 Å². The van der Waals surface area contributed by atoms with Gasteiger partial charge in [0.15, 0.2) is 0 Å². The van der Waals surface area contributed by atoms with Gasteiger partial charge in [-0.2, -0.15) is 15.0 Å². The third-order valence-corrected chi connectivity index (χ3v) is 3.57.